The predicted octanol–water partition coefficient (Wildman–Crippen LogP) is 2.57. The number of aromatic nitrogens is 2. The van der Waals surface area contributed by atoms with Gasteiger partial charge in [0, 0.05) is 57.4 Å². The van der Waals surface area contributed by atoms with E-state index in [4.69, 9.17) is 0 Å². The molecule has 1 fully saturated rings. The second-order valence-electron chi connectivity index (χ2n) is 6.46. The Hall–Kier alpha value is -2.80. The third-order valence-electron chi connectivity index (χ3n) is 4.62. The van der Waals surface area contributed by atoms with E-state index >= 15 is 0 Å². The van der Waals surface area contributed by atoms with Gasteiger partial charge in [0.25, 0.3) is 5.91 Å². The summed E-state index contributed by atoms with van der Waals surface area (Å²) in [5.74, 6) is -1.15. The minimum absolute atomic E-state index is 0.0166. The summed E-state index contributed by atoms with van der Waals surface area (Å²) in [4.78, 5) is 20.8. The molecule has 0 unspecified atom stereocenters. The highest BCUT2D eigenvalue weighted by Gasteiger charge is 2.22. The average molecular weight is 356 g/mol. The van der Waals surface area contributed by atoms with Gasteiger partial charge in [-0.15, -0.1) is 0 Å². The Balaban J connectivity index is 1.38. The first kappa shape index (κ1) is 16.7. The zero-order valence-corrected chi connectivity index (χ0v) is 14.1. The molecule has 1 saturated heterocycles. The number of hydrogen-bond acceptors (Lipinski definition) is 3. The summed E-state index contributed by atoms with van der Waals surface area (Å²) in [5, 5.41) is 0. The largest absolute Gasteiger partial charge is 0.336 e. The van der Waals surface area contributed by atoms with Crippen LogP contribution in [0.1, 0.15) is 15.9 Å². The Labute approximate surface area is 149 Å². The van der Waals surface area contributed by atoms with Gasteiger partial charge in [-0.2, -0.15) is 0 Å². The van der Waals surface area contributed by atoms with E-state index in [9.17, 15) is 13.6 Å². The van der Waals surface area contributed by atoms with Gasteiger partial charge in [0.1, 0.15) is 17.3 Å². The van der Waals surface area contributed by atoms with Crippen molar-refractivity contribution in [1.82, 2.24) is 19.2 Å². The predicted molar refractivity (Wildman–Crippen MR) is 92.7 cm³/mol. The van der Waals surface area contributed by atoms with Crippen LogP contribution in [0.4, 0.5) is 8.78 Å². The van der Waals surface area contributed by atoms with Crippen LogP contribution < -0.4 is 0 Å². The number of benzene rings is 1. The zero-order valence-electron chi connectivity index (χ0n) is 14.1. The first-order valence-corrected chi connectivity index (χ1v) is 8.48. The van der Waals surface area contributed by atoms with E-state index in [-0.39, 0.29) is 5.91 Å². The Morgan fingerprint density at radius 2 is 1.77 bits per heavy atom. The fourth-order valence-electron chi connectivity index (χ4n) is 3.30. The molecule has 0 atom stereocenters. The molecule has 3 aromatic rings. The SMILES string of the molecule is O=C(c1ccc2nccn2c1)N1CCN(Cc2cc(F)cc(F)c2)CC1. The summed E-state index contributed by atoms with van der Waals surface area (Å²) in [6, 6.07) is 7.17. The minimum atomic E-state index is -0.566. The highest BCUT2D eigenvalue weighted by molar-refractivity contribution is 5.94. The Morgan fingerprint density at radius 3 is 2.50 bits per heavy atom. The van der Waals surface area contributed by atoms with Crippen molar-refractivity contribution in [1.29, 1.82) is 0 Å². The second kappa shape index (κ2) is 6.84. The molecule has 5 nitrogen and oxygen atoms in total. The molecule has 1 amide bonds. The lowest BCUT2D eigenvalue weighted by atomic mass is 10.1. The van der Waals surface area contributed by atoms with Gasteiger partial charge in [-0.3, -0.25) is 9.69 Å². The molecule has 0 saturated carbocycles. The molecule has 134 valence electrons. The third-order valence-corrected chi connectivity index (χ3v) is 4.62. The highest BCUT2D eigenvalue weighted by Crippen LogP contribution is 2.14. The lowest BCUT2D eigenvalue weighted by molar-refractivity contribution is 0.0628. The number of nitrogens with zero attached hydrogens (tertiary/aromatic N) is 4. The van der Waals surface area contributed by atoms with Gasteiger partial charge < -0.3 is 9.30 Å². The van der Waals surface area contributed by atoms with Crippen LogP contribution in [0.15, 0.2) is 48.9 Å². The summed E-state index contributed by atoms with van der Waals surface area (Å²) in [7, 11) is 0. The number of fused-ring (bicyclic) bond motifs is 1. The van der Waals surface area contributed by atoms with E-state index in [2.05, 4.69) is 9.88 Å². The molecule has 7 heteroatoms. The molecule has 0 radical (unpaired) electrons. The summed E-state index contributed by atoms with van der Waals surface area (Å²) < 4.78 is 28.4. The maximum absolute atomic E-state index is 13.3. The Morgan fingerprint density at radius 1 is 1.04 bits per heavy atom. The van der Waals surface area contributed by atoms with E-state index in [1.807, 2.05) is 16.7 Å². The summed E-state index contributed by atoms with van der Waals surface area (Å²) >= 11 is 0. The van der Waals surface area contributed by atoms with Gasteiger partial charge in [0.2, 0.25) is 0 Å². The maximum Gasteiger partial charge on any atom is 0.255 e. The molecule has 0 bridgehead atoms. The third kappa shape index (κ3) is 3.43. The van der Waals surface area contributed by atoms with Crippen LogP contribution in [-0.4, -0.2) is 51.3 Å². The van der Waals surface area contributed by atoms with E-state index < -0.39 is 11.6 Å². The molecular formula is C19H18F2N4O. The average Bonchev–Trinajstić information content (AvgIpc) is 3.08. The van der Waals surface area contributed by atoms with Crippen LogP contribution in [-0.2, 0) is 6.54 Å². The number of amides is 1. The van der Waals surface area contributed by atoms with Gasteiger partial charge in [-0.05, 0) is 29.8 Å². The first-order valence-electron chi connectivity index (χ1n) is 8.48. The lowest BCUT2D eigenvalue weighted by Crippen LogP contribution is -2.48. The molecule has 4 rings (SSSR count). The standard InChI is InChI=1S/C19H18F2N4O/c20-16-9-14(10-17(21)11-16)12-23-5-7-24(8-6-23)19(26)15-1-2-18-22-3-4-25(18)13-15/h1-4,9-11,13H,5-8,12H2. The van der Waals surface area contributed by atoms with Crippen LogP contribution in [0, 0.1) is 11.6 Å². The Bertz CT molecular complexity index is 927. The van der Waals surface area contributed by atoms with E-state index in [0.29, 0.717) is 43.9 Å². The van der Waals surface area contributed by atoms with Crippen molar-refractivity contribution in [3.05, 3.63) is 71.7 Å². The van der Waals surface area contributed by atoms with Crippen molar-refractivity contribution in [3.63, 3.8) is 0 Å². The molecule has 3 heterocycles. The number of carbonyl (C=O) groups is 1. The van der Waals surface area contributed by atoms with Crippen LogP contribution in [0.25, 0.3) is 5.65 Å². The van der Waals surface area contributed by atoms with Gasteiger partial charge in [0.05, 0.1) is 5.56 Å². The van der Waals surface area contributed by atoms with Crippen molar-refractivity contribution in [2.45, 2.75) is 6.54 Å². The molecular weight excluding hydrogens is 338 g/mol. The molecule has 0 aliphatic carbocycles. The molecule has 1 aromatic carbocycles. The zero-order chi connectivity index (χ0) is 18.1. The van der Waals surface area contributed by atoms with Crippen molar-refractivity contribution in [2.24, 2.45) is 0 Å². The number of hydrogen-bond donors (Lipinski definition) is 0. The quantitative estimate of drug-likeness (QED) is 0.724. The van der Waals surface area contributed by atoms with Crippen LogP contribution in [0.3, 0.4) is 0 Å². The van der Waals surface area contributed by atoms with Crippen molar-refractivity contribution in [2.75, 3.05) is 26.2 Å². The van der Waals surface area contributed by atoms with Crippen molar-refractivity contribution < 1.29 is 13.6 Å². The molecule has 0 spiro atoms. The molecule has 1 aliphatic rings. The van der Waals surface area contributed by atoms with Crippen LogP contribution in [0.5, 0.6) is 0 Å². The first-order chi connectivity index (χ1) is 12.6. The summed E-state index contributed by atoms with van der Waals surface area (Å²) in [5.41, 5.74) is 2.03. The van der Waals surface area contributed by atoms with Gasteiger partial charge in [0.15, 0.2) is 0 Å². The maximum atomic E-state index is 13.3. The van der Waals surface area contributed by atoms with E-state index in [1.54, 1.807) is 23.4 Å². The molecule has 2 aromatic heterocycles. The molecule has 26 heavy (non-hydrogen) atoms. The summed E-state index contributed by atoms with van der Waals surface area (Å²) in [6.07, 6.45) is 5.28. The van der Waals surface area contributed by atoms with Crippen molar-refractivity contribution >= 4 is 11.6 Å². The highest BCUT2D eigenvalue weighted by atomic mass is 19.1. The molecule has 1 aliphatic heterocycles. The second-order valence-corrected chi connectivity index (χ2v) is 6.46. The molecule has 0 N–H and O–H groups in total. The Kier molecular flexibility index (Phi) is 4.38. The number of piperazine rings is 1. The monoisotopic (exact) mass is 356 g/mol. The normalized spacial score (nSPS) is 15.5. The van der Waals surface area contributed by atoms with Gasteiger partial charge in [-0.1, -0.05) is 0 Å². The van der Waals surface area contributed by atoms with Crippen LogP contribution >= 0.6 is 0 Å². The number of halogens is 2. The lowest BCUT2D eigenvalue weighted by Gasteiger charge is -2.34. The number of carbonyl (C=O) groups excluding carboxylic acids is 1. The van der Waals surface area contributed by atoms with Gasteiger partial charge in [-0.25, -0.2) is 13.8 Å². The van der Waals surface area contributed by atoms with Crippen molar-refractivity contribution in [3.8, 4) is 0 Å². The number of imidazole rings is 1. The fraction of sp³-hybridized carbons (Fsp3) is 0.263. The fourth-order valence-corrected chi connectivity index (χ4v) is 3.30. The van der Waals surface area contributed by atoms with Gasteiger partial charge >= 0.3 is 0 Å². The van der Waals surface area contributed by atoms with E-state index in [1.165, 1.54) is 12.1 Å². The number of rotatable bonds is 3. The number of pyridine rings is 1. The van der Waals surface area contributed by atoms with Crippen LogP contribution in [0.2, 0.25) is 0 Å². The topological polar surface area (TPSA) is 40.9 Å². The minimum Gasteiger partial charge on any atom is -0.336 e. The smallest absolute Gasteiger partial charge is 0.255 e. The van der Waals surface area contributed by atoms with E-state index in [0.717, 1.165) is 11.7 Å². The summed E-state index contributed by atoms with van der Waals surface area (Å²) in [6.45, 7) is 2.96.